The number of aliphatic imine (C=N–C) groups is 1. The van der Waals surface area contributed by atoms with Crippen LogP contribution < -0.4 is 19.5 Å². The largest absolute Gasteiger partial charge is 0.508 e. The molecule has 0 aliphatic rings. The summed E-state index contributed by atoms with van der Waals surface area (Å²) in [5.74, 6) is 1.10. The van der Waals surface area contributed by atoms with E-state index in [9.17, 15) is 24.3 Å². The van der Waals surface area contributed by atoms with Crippen molar-refractivity contribution in [3.05, 3.63) is 119 Å². The van der Waals surface area contributed by atoms with Crippen LogP contribution in [0.2, 0.25) is 12.1 Å². The highest BCUT2D eigenvalue weighted by atomic mass is 28.4. The summed E-state index contributed by atoms with van der Waals surface area (Å²) in [4.78, 5) is 47.7. The molecule has 0 fully saturated rings. The number of ether oxygens (including phenoxy) is 3. The maximum absolute atomic E-state index is 12.3. The molecule has 2 N–H and O–H groups in total. The molecule has 0 heterocycles. The van der Waals surface area contributed by atoms with E-state index in [2.05, 4.69) is 38.0 Å². The highest BCUT2D eigenvalue weighted by Gasteiger charge is 2.40. The number of esters is 2. The minimum atomic E-state index is -2.72. The first-order chi connectivity index (χ1) is 34.3. The maximum atomic E-state index is 12.3. The van der Waals surface area contributed by atoms with Gasteiger partial charge in [0.2, 0.25) is 6.08 Å². The third-order valence-electron chi connectivity index (χ3n) is 11.0. The quantitative estimate of drug-likeness (QED) is 0.0143. The summed E-state index contributed by atoms with van der Waals surface area (Å²) in [6.45, 7) is 26.9. The topological polar surface area (TPSA) is 196 Å². The molecule has 0 unspecified atom stereocenters. The SMILES string of the molecule is CC(=O)Oc1ccc(C(C)(C)c2ccc(O)cc2)cc1.CCO[Si](CCCN=C=O)(OCC)OCC.CCO[Si](CCCNC(=O)Oc1ccc(C(C)(C)c2ccc(OC(C)=O)cc2)cc1)(OCC)OCC. The van der Waals surface area contributed by atoms with E-state index in [0.717, 1.165) is 28.7 Å². The third-order valence-corrected chi connectivity index (χ3v) is 17.3. The number of rotatable bonds is 27. The van der Waals surface area contributed by atoms with E-state index in [-0.39, 0.29) is 28.5 Å². The summed E-state index contributed by atoms with van der Waals surface area (Å²) in [6.07, 6.45) is 2.38. The number of benzene rings is 4. The monoisotopic (exact) mass is 1030 g/mol. The number of phenols is 1. The molecule has 0 aliphatic carbocycles. The van der Waals surface area contributed by atoms with E-state index in [4.69, 9.17) is 40.8 Å². The molecule has 0 saturated heterocycles. The molecule has 18 heteroatoms. The fourth-order valence-electron chi connectivity index (χ4n) is 7.42. The average Bonchev–Trinajstić information content (AvgIpc) is 3.33. The Morgan fingerprint density at radius 1 is 0.514 bits per heavy atom. The van der Waals surface area contributed by atoms with Gasteiger partial charge in [0.25, 0.3) is 0 Å². The first-order valence-corrected chi connectivity index (χ1v) is 28.5. The van der Waals surface area contributed by atoms with Crippen molar-refractivity contribution in [2.45, 2.75) is 119 Å². The summed E-state index contributed by atoms with van der Waals surface area (Å²) in [5, 5.41) is 12.1. The minimum absolute atomic E-state index is 0.192. The Morgan fingerprint density at radius 3 is 1.12 bits per heavy atom. The molecular weight excluding hydrogens is 957 g/mol. The van der Waals surface area contributed by atoms with Crippen molar-refractivity contribution in [3.8, 4) is 23.0 Å². The second kappa shape index (κ2) is 32.5. The molecule has 396 valence electrons. The number of hydrogen-bond acceptors (Lipinski definition) is 15. The lowest BCUT2D eigenvalue weighted by atomic mass is 9.78. The molecule has 1 amide bonds. The highest BCUT2D eigenvalue weighted by molar-refractivity contribution is 6.61. The van der Waals surface area contributed by atoms with Gasteiger partial charge in [-0.2, -0.15) is 0 Å². The van der Waals surface area contributed by atoms with Crippen LogP contribution in [0.4, 0.5) is 4.79 Å². The Balaban J connectivity index is 0.000000414. The Labute approximate surface area is 429 Å². The molecule has 4 aromatic carbocycles. The summed E-state index contributed by atoms with van der Waals surface area (Å²) >= 11 is 0. The van der Waals surface area contributed by atoms with Crippen LogP contribution in [0.3, 0.4) is 0 Å². The van der Waals surface area contributed by atoms with Gasteiger partial charge in [-0.1, -0.05) is 76.2 Å². The second-order valence-corrected chi connectivity index (χ2v) is 22.5. The van der Waals surface area contributed by atoms with Crippen LogP contribution in [0.25, 0.3) is 0 Å². The summed E-state index contributed by atoms with van der Waals surface area (Å²) < 4.78 is 50.0. The molecular formula is C54H78N2O14Si2. The maximum Gasteiger partial charge on any atom is 0.500 e. The van der Waals surface area contributed by atoms with Crippen LogP contribution in [0, 0.1) is 0 Å². The van der Waals surface area contributed by atoms with Gasteiger partial charge >= 0.3 is 35.6 Å². The lowest BCUT2D eigenvalue weighted by molar-refractivity contribution is -0.132. The van der Waals surface area contributed by atoms with Gasteiger partial charge < -0.3 is 51.2 Å². The smallest absolute Gasteiger partial charge is 0.500 e. The number of phenolic OH excluding ortho intramolecular Hbond substituents is 1. The standard InChI is InChI=1S/C27H39NO7Si.C17H18O3.C10H21NO4Si/c1-7-31-36(32-8-2,33-9-3)20-10-19-28-26(30)35-25-17-13-23(14-18-25)27(5,6)22-11-15-24(16-12-22)34-21(4)29;1-12(18)20-16-10-6-14(7-11-16)17(2,3)13-4-8-15(19)9-5-13;1-4-13-16(14-5-2,15-6-3)9-7-8-11-10-12/h11-18H,7-10,19-20H2,1-6H3,(H,28,30);4-11,19H,1-3H3;4-9H2,1-3H3. The van der Waals surface area contributed by atoms with E-state index in [0.29, 0.717) is 88.5 Å². The van der Waals surface area contributed by atoms with Gasteiger partial charge in [0.05, 0.1) is 6.54 Å². The fourth-order valence-corrected chi connectivity index (χ4v) is 12.6. The van der Waals surface area contributed by atoms with Gasteiger partial charge in [-0.15, -0.1) is 0 Å². The van der Waals surface area contributed by atoms with Gasteiger partial charge in [0, 0.05) is 83.0 Å². The zero-order valence-electron chi connectivity index (χ0n) is 44.4. The minimum Gasteiger partial charge on any atom is -0.508 e. The number of isocyanates is 1. The van der Waals surface area contributed by atoms with E-state index in [1.807, 2.05) is 90.1 Å². The number of nitrogens with one attached hydrogen (secondary N) is 1. The van der Waals surface area contributed by atoms with E-state index in [1.54, 1.807) is 48.5 Å². The van der Waals surface area contributed by atoms with Crippen molar-refractivity contribution in [2.24, 2.45) is 4.99 Å². The van der Waals surface area contributed by atoms with Crippen LogP contribution >= 0.6 is 0 Å². The molecule has 0 bridgehead atoms. The zero-order valence-corrected chi connectivity index (χ0v) is 46.4. The molecule has 16 nitrogen and oxygen atoms in total. The van der Waals surface area contributed by atoms with Crippen LogP contribution in [-0.4, -0.2) is 99.6 Å². The Morgan fingerprint density at radius 2 is 0.819 bits per heavy atom. The Hall–Kier alpha value is -5.54. The molecule has 0 aromatic heterocycles. The Bertz CT molecular complexity index is 2200. The second-order valence-electron chi connectivity index (χ2n) is 17.0. The van der Waals surface area contributed by atoms with E-state index >= 15 is 0 Å². The molecule has 0 spiro atoms. The lowest BCUT2D eigenvalue weighted by Gasteiger charge is -2.28. The number of carbonyl (C=O) groups excluding carboxylic acids is 4. The molecule has 0 radical (unpaired) electrons. The predicted octanol–water partition coefficient (Wildman–Crippen LogP) is 10.9. The fraction of sp³-hybridized carbons (Fsp3) is 0.481. The van der Waals surface area contributed by atoms with Crippen LogP contribution in [-0.2, 0) is 51.8 Å². The van der Waals surface area contributed by atoms with Crippen LogP contribution in [0.1, 0.15) is 118 Å². The lowest BCUT2D eigenvalue weighted by Crippen LogP contribution is -2.46. The number of carbonyl (C=O) groups is 3. The molecule has 4 aromatic rings. The van der Waals surface area contributed by atoms with E-state index in [1.165, 1.54) is 19.9 Å². The molecule has 0 aliphatic heterocycles. The Kier molecular flexibility index (Phi) is 28.3. The van der Waals surface area contributed by atoms with Crippen molar-refractivity contribution in [1.29, 1.82) is 0 Å². The summed E-state index contributed by atoms with van der Waals surface area (Å²) in [6, 6.07) is 30.9. The number of hydrogen-bond donors (Lipinski definition) is 2. The summed E-state index contributed by atoms with van der Waals surface area (Å²) in [5.41, 5.74) is 3.85. The number of aromatic hydroxyl groups is 1. The van der Waals surface area contributed by atoms with Gasteiger partial charge in [0.1, 0.15) is 23.0 Å². The summed E-state index contributed by atoms with van der Waals surface area (Å²) in [7, 11) is -5.25. The number of nitrogens with zero attached hydrogens (tertiary/aromatic N) is 1. The van der Waals surface area contributed by atoms with Crippen molar-refractivity contribution < 1.29 is 65.1 Å². The zero-order chi connectivity index (χ0) is 53.6. The third kappa shape index (κ3) is 21.7. The van der Waals surface area contributed by atoms with Gasteiger partial charge in [0.15, 0.2) is 0 Å². The van der Waals surface area contributed by atoms with Crippen LogP contribution in [0.15, 0.2) is 102 Å². The highest BCUT2D eigenvalue weighted by Crippen LogP contribution is 2.35. The average molecular weight is 1040 g/mol. The molecule has 0 saturated carbocycles. The van der Waals surface area contributed by atoms with Crippen molar-refractivity contribution in [3.63, 3.8) is 0 Å². The van der Waals surface area contributed by atoms with Crippen LogP contribution in [0.5, 0.6) is 23.0 Å². The molecule has 72 heavy (non-hydrogen) atoms. The normalized spacial score (nSPS) is 11.4. The molecule has 0 atom stereocenters. The van der Waals surface area contributed by atoms with Gasteiger partial charge in [-0.05, 0) is 125 Å². The van der Waals surface area contributed by atoms with Gasteiger partial charge in [-0.25, -0.2) is 14.6 Å². The predicted molar refractivity (Wildman–Crippen MR) is 281 cm³/mol. The van der Waals surface area contributed by atoms with Gasteiger partial charge in [-0.3, -0.25) is 9.59 Å². The number of amides is 1. The van der Waals surface area contributed by atoms with Crippen molar-refractivity contribution in [2.75, 3.05) is 52.7 Å². The van der Waals surface area contributed by atoms with Crippen molar-refractivity contribution >= 4 is 41.7 Å². The van der Waals surface area contributed by atoms with E-state index < -0.39 is 23.7 Å². The first kappa shape index (κ1) is 62.6. The van der Waals surface area contributed by atoms with Crippen molar-refractivity contribution in [1.82, 2.24) is 5.32 Å². The molecule has 4 rings (SSSR count). The first-order valence-electron chi connectivity index (χ1n) is 24.6.